The summed E-state index contributed by atoms with van der Waals surface area (Å²) >= 11 is 1.49. The van der Waals surface area contributed by atoms with E-state index >= 15 is 0 Å². The molecule has 2 aromatic carbocycles. The van der Waals surface area contributed by atoms with Gasteiger partial charge in [-0.05, 0) is 42.7 Å². The van der Waals surface area contributed by atoms with Crippen molar-refractivity contribution in [3.63, 3.8) is 0 Å². The summed E-state index contributed by atoms with van der Waals surface area (Å²) in [6, 6.07) is 12.4. The number of nitro benzene ring substituents is 1. The summed E-state index contributed by atoms with van der Waals surface area (Å²) in [7, 11) is 0. The number of thioether (sulfide) groups is 1. The fourth-order valence-corrected chi connectivity index (χ4v) is 3.78. The molecule has 1 unspecified atom stereocenters. The Bertz CT molecular complexity index is 791. The Kier molecular flexibility index (Phi) is 4.09. The first-order valence-corrected chi connectivity index (χ1v) is 8.27. The molecule has 1 atom stereocenters. The zero-order valence-corrected chi connectivity index (χ0v) is 13.7. The second kappa shape index (κ2) is 6.04. The second-order valence-electron chi connectivity index (χ2n) is 5.55. The largest absolute Gasteiger partial charge is 0.295 e. The van der Waals surface area contributed by atoms with Crippen LogP contribution in [0.1, 0.15) is 22.1 Å². The molecule has 23 heavy (non-hydrogen) atoms. The molecule has 1 aliphatic rings. The molecule has 1 saturated heterocycles. The molecule has 2 aromatic rings. The number of carbonyl (C=O) groups excluding carboxylic acids is 1. The van der Waals surface area contributed by atoms with E-state index in [1.54, 1.807) is 17.0 Å². The molecule has 0 saturated carbocycles. The smallest absolute Gasteiger partial charge is 0.269 e. The normalized spacial score (nSPS) is 17.6. The van der Waals surface area contributed by atoms with E-state index in [4.69, 9.17) is 0 Å². The van der Waals surface area contributed by atoms with E-state index in [9.17, 15) is 14.9 Å². The van der Waals surface area contributed by atoms with Crippen molar-refractivity contribution in [2.24, 2.45) is 0 Å². The SMILES string of the molecule is Cc1ccc(N2C(=O)CSC2c2cccc([N+](=O)[O-])c2)cc1C. The van der Waals surface area contributed by atoms with Crippen molar-refractivity contribution in [2.45, 2.75) is 19.2 Å². The maximum Gasteiger partial charge on any atom is 0.269 e. The molecule has 0 N–H and O–H groups in total. The third-order valence-electron chi connectivity index (χ3n) is 4.00. The lowest BCUT2D eigenvalue weighted by Crippen LogP contribution is -2.27. The predicted octanol–water partition coefficient (Wildman–Crippen LogP) is 3.99. The first kappa shape index (κ1) is 15.6. The fourth-order valence-electron chi connectivity index (χ4n) is 2.62. The van der Waals surface area contributed by atoms with Gasteiger partial charge < -0.3 is 0 Å². The molecule has 1 heterocycles. The van der Waals surface area contributed by atoms with E-state index < -0.39 is 4.92 Å². The molecule has 5 nitrogen and oxygen atoms in total. The number of hydrogen-bond donors (Lipinski definition) is 0. The van der Waals surface area contributed by atoms with Crippen LogP contribution in [0.15, 0.2) is 42.5 Å². The average Bonchev–Trinajstić information content (AvgIpc) is 2.92. The summed E-state index contributed by atoms with van der Waals surface area (Å²) in [4.78, 5) is 24.6. The molecule has 0 spiro atoms. The molecule has 0 aliphatic carbocycles. The molecule has 0 radical (unpaired) electrons. The van der Waals surface area contributed by atoms with Gasteiger partial charge in [-0.15, -0.1) is 11.8 Å². The van der Waals surface area contributed by atoms with Crippen LogP contribution in [0, 0.1) is 24.0 Å². The maximum absolute atomic E-state index is 12.3. The Morgan fingerprint density at radius 2 is 1.96 bits per heavy atom. The van der Waals surface area contributed by atoms with Crippen LogP contribution in [0.2, 0.25) is 0 Å². The molecule has 1 amide bonds. The Morgan fingerprint density at radius 3 is 2.65 bits per heavy atom. The highest BCUT2D eigenvalue weighted by molar-refractivity contribution is 8.00. The van der Waals surface area contributed by atoms with Gasteiger partial charge in [0, 0.05) is 17.8 Å². The molecule has 118 valence electrons. The summed E-state index contributed by atoms with van der Waals surface area (Å²) in [5.41, 5.74) is 3.93. The quantitative estimate of drug-likeness (QED) is 0.631. The number of carbonyl (C=O) groups is 1. The Morgan fingerprint density at radius 1 is 1.17 bits per heavy atom. The van der Waals surface area contributed by atoms with Gasteiger partial charge >= 0.3 is 0 Å². The lowest BCUT2D eigenvalue weighted by molar-refractivity contribution is -0.384. The van der Waals surface area contributed by atoms with Gasteiger partial charge in [-0.2, -0.15) is 0 Å². The topological polar surface area (TPSA) is 63.5 Å². The lowest BCUT2D eigenvalue weighted by atomic mass is 10.1. The number of benzene rings is 2. The minimum atomic E-state index is -0.411. The second-order valence-corrected chi connectivity index (χ2v) is 6.62. The van der Waals surface area contributed by atoms with Crippen LogP contribution in [0.4, 0.5) is 11.4 Å². The van der Waals surface area contributed by atoms with Crippen LogP contribution in [-0.2, 0) is 4.79 Å². The Balaban J connectivity index is 2.01. The van der Waals surface area contributed by atoms with E-state index in [2.05, 4.69) is 0 Å². The van der Waals surface area contributed by atoms with Crippen LogP contribution in [0.3, 0.4) is 0 Å². The van der Waals surface area contributed by atoms with Crippen molar-refractivity contribution >= 4 is 29.0 Å². The maximum atomic E-state index is 12.3. The first-order valence-electron chi connectivity index (χ1n) is 7.22. The molecule has 1 aliphatic heterocycles. The van der Waals surface area contributed by atoms with Crippen LogP contribution < -0.4 is 4.90 Å². The number of hydrogen-bond acceptors (Lipinski definition) is 4. The number of nitrogens with zero attached hydrogens (tertiary/aromatic N) is 2. The lowest BCUT2D eigenvalue weighted by Gasteiger charge is -2.25. The highest BCUT2D eigenvalue weighted by Crippen LogP contribution is 2.42. The number of nitro groups is 1. The van der Waals surface area contributed by atoms with Crippen molar-refractivity contribution in [1.29, 1.82) is 0 Å². The van der Waals surface area contributed by atoms with Gasteiger partial charge in [0.2, 0.25) is 5.91 Å². The van der Waals surface area contributed by atoms with Crippen molar-refractivity contribution < 1.29 is 9.72 Å². The monoisotopic (exact) mass is 328 g/mol. The summed E-state index contributed by atoms with van der Waals surface area (Å²) in [6.45, 7) is 4.03. The van der Waals surface area contributed by atoms with Gasteiger partial charge in [-0.3, -0.25) is 19.8 Å². The van der Waals surface area contributed by atoms with Crippen LogP contribution in [0.25, 0.3) is 0 Å². The van der Waals surface area contributed by atoms with Crippen molar-refractivity contribution in [2.75, 3.05) is 10.7 Å². The number of amides is 1. The predicted molar refractivity (Wildman–Crippen MR) is 91.7 cm³/mol. The highest BCUT2D eigenvalue weighted by Gasteiger charge is 2.34. The fraction of sp³-hybridized carbons (Fsp3) is 0.235. The van der Waals surface area contributed by atoms with Crippen molar-refractivity contribution in [3.8, 4) is 0 Å². The van der Waals surface area contributed by atoms with E-state index in [-0.39, 0.29) is 17.0 Å². The van der Waals surface area contributed by atoms with Crippen molar-refractivity contribution in [1.82, 2.24) is 0 Å². The van der Waals surface area contributed by atoms with Crippen molar-refractivity contribution in [3.05, 3.63) is 69.3 Å². The standard InChI is InChI=1S/C17H16N2O3S/c1-11-6-7-14(8-12(11)2)18-16(20)10-23-17(18)13-4-3-5-15(9-13)19(21)22/h3-9,17H,10H2,1-2H3. The first-order chi connectivity index (χ1) is 11.0. The van der Waals surface area contributed by atoms with Gasteiger partial charge in [0.05, 0.1) is 10.7 Å². The number of rotatable bonds is 3. The molecule has 3 rings (SSSR count). The summed E-state index contributed by atoms with van der Waals surface area (Å²) in [5, 5.41) is 10.8. The zero-order chi connectivity index (χ0) is 16.6. The average molecular weight is 328 g/mol. The minimum absolute atomic E-state index is 0.0229. The molecule has 1 fully saturated rings. The highest BCUT2D eigenvalue weighted by atomic mass is 32.2. The van der Waals surface area contributed by atoms with E-state index in [1.807, 2.05) is 38.1 Å². The molecule has 0 aromatic heterocycles. The van der Waals surface area contributed by atoms with Gasteiger partial charge in [0.15, 0.2) is 0 Å². The van der Waals surface area contributed by atoms with Gasteiger partial charge in [-0.1, -0.05) is 18.2 Å². The third kappa shape index (κ3) is 2.94. The van der Waals surface area contributed by atoms with Crippen LogP contribution in [-0.4, -0.2) is 16.6 Å². The van der Waals surface area contributed by atoms with Crippen LogP contribution in [0.5, 0.6) is 0 Å². The Hall–Kier alpha value is -2.34. The molecule has 6 heteroatoms. The summed E-state index contributed by atoms with van der Waals surface area (Å²) < 4.78 is 0. The zero-order valence-electron chi connectivity index (χ0n) is 12.9. The minimum Gasteiger partial charge on any atom is -0.295 e. The van der Waals surface area contributed by atoms with Gasteiger partial charge in [0.1, 0.15) is 5.37 Å². The number of anilines is 1. The molecule has 0 bridgehead atoms. The molecular formula is C17H16N2O3S. The third-order valence-corrected chi connectivity index (χ3v) is 5.22. The van der Waals surface area contributed by atoms with Gasteiger partial charge in [-0.25, -0.2) is 0 Å². The Labute approximate surface area is 138 Å². The molecular weight excluding hydrogens is 312 g/mol. The number of non-ortho nitro benzene ring substituents is 1. The number of aryl methyl sites for hydroxylation is 2. The van der Waals surface area contributed by atoms with Gasteiger partial charge in [0.25, 0.3) is 5.69 Å². The van der Waals surface area contributed by atoms with E-state index in [1.165, 1.54) is 23.4 Å². The van der Waals surface area contributed by atoms with E-state index in [0.717, 1.165) is 16.8 Å². The summed E-state index contributed by atoms with van der Waals surface area (Å²) in [5.74, 6) is 0.398. The van der Waals surface area contributed by atoms with Crippen LogP contribution >= 0.6 is 11.8 Å². The summed E-state index contributed by atoms with van der Waals surface area (Å²) in [6.07, 6.45) is 0. The van der Waals surface area contributed by atoms with E-state index in [0.29, 0.717) is 5.75 Å².